The van der Waals surface area contributed by atoms with Gasteiger partial charge in [0.2, 0.25) is 5.91 Å². The van der Waals surface area contributed by atoms with E-state index in [0.717, 1.165) is 19.4 Å². The summed E-state index contributed by atoms with van der Waals surface area (Å²) in [6.45, 7) is 3.60. The molecule has 0 aliphatic carbocycles. The van der Waals surface area contributed by atoms with Crippen molar-refractivity contribution in [2.24, 2.45) is 0 Å². The van der Waals surface area contributed by atoms with Crippen molar-refractivity contribution < 1.29 is 14.6 Å². The van der Waals surface area contributed by atoms with E-state index in [9.17, 15) is 9.90 Å². The molecule has 0 radical (unpaired) electrons. The second-order valence-corrected chi connectivity index (χ2v) is 5.81. The number of rotatable bonds is 1. The number of aliphatic hydroxyl groups excluding tert-OH is 1. The van der Waals surface area contributed by atoms with Crippen LogP contribution in [0.1, 0.15) is 32.6 Å². The number of likely N-dealkylation sites (tertiary alicyclic amines) is 1. The number of halogens is 1. The molecular formula is C12H20ClNO3. The number of amides is 1. The first-order valence-electron chi connectivity index (χ1n) is 6.27. The summed E-state index contributed by atoms with van der Waals surface area (Å²) in [5.41, 5.74) is -0.336. The minimum Gasteiger partial charge on any atom is -0.393 e. The SMILES string of the molecule is C[C@H](Cl)C(=O)N1CCC[C@]2(C[C@H](O)CCO2)C1. The molecule has 4 nitrogen and oxygen atoms in total. The van der Waals surface area contributed by atoms with Crippen LogP contribution in [0.2, 0.25) is 0 Å². The lowest BCUT2D eigenvalue weighted by Crippen LogP contribution is -2.56. The summed E-state index contributed by atoms with van der Waals surface area (Å²) in [6.07, 6.45) is 2.87. The molecule has 2 rings (SSSR count). The zero-order valence-electron chi connectivity index (χ0n) is 10.2. The second kappa shape index (κ2) is 5.12. The zero-order chi connectivity index (χ0) is 12.5. The van der Waals surface area contributed by atoms with Crippen molar-refractivity contribution in [3.05, 3.63) is 0 Å². The van der Waals surface area contributed by atoms with Crippen molar-refractivity contribution in [2.75, 3.05) is 19.7 Å². The van der Waals surface area contributed by atoms with Crippen LogP contribution in [-0.4, -0.2) is 52.7 Å². The van der Waals surface area contributed by atoms with E-state index in [1.165, 1.54) is 0 Å². The third-order valence-electron chi connectivity index (χ3n) is 3.66. The van der Waals surface area contributed by atoms with Crippen LogP contribution in [0, 0.1) is 0 Å². The number of nitrogens with zero attached hydrogens (tertiary/aromatic N) is 1. The second-order valence-electron chi connectivity index (χ2n) is 5.16. The quantitative estimate of drug-likeness (QED) is 0.721. The van der Waals surface area contributed by atoms with Crippen molar-refractivity contribution in [1.82, 2.24) is 4.90 Å². The average molecular weight is 262 g/mol. The summed E-state index contributed by atoms with van der Waals surface area (Å²) in [6, 6.07) is 0. The minimum atomic E-state index is -0.487. The summed E-state index contributed by atoms with van der Waals surface area (Å²) < 4.78 is 5.84. The van der Waals surface area contributed by atoms with E-state index in [2.05, 4.69) is 0 Å². The Morgan fingerprint density at radius 3 is 3.06 bits per heavy atom. The van der Waals surface area contributed by atoms with Gasteiger partial charge in [-0.25, -0.2) is 0 Å². The van der Waals surface area contributed by atoms with E-state index in [0.29, 0.717) is 26.0 Å². The molecule has 2 saturated heterocycles. The molecule has 2 heterocycles. The molecule has 0 aromatic rings. The molecule has 0 aromatic carbocycles. The van der Waals surface area contributed by atoms with Crippen LogP contribution in [0.5, 0.6) is 0 Å². The number of carbonyl (C=O) groups is 1. The molecule has 1 amide bonds. The third kappa shape index (κ3) is 2.92. The largest absolute Gasteiger partial charge is 0.393 e. The molecule has 2 fully saturated rings. The maximum absolute atomic E-state index is 11.9. The molecule has 1 spiro atoms. The van der Waals surface area contributed by atoms with Gasteiger partial charge in [0.15, 0.2) is 0 Å². The minimum absolute atomic E-state index is 0.0330. The fourth-order valence-electron chi connectivity index (χ4n) is 2.82. The molecule has 2 aliphatic heterocycles. The summed E-state index contributed by atoms with van der Waals surface area (Å²) in [7, 11) is 0. The molecule has 98 valence electrons. The van der Waals surface area contributed by atoms with Gasteiger partial charge in [-0.15, -0.1) is 11.6 Å². The normalized spacial score (nSPS) is 35.9. The Balaban J connectivity index is 2.03. The zero-order valence-corrected chi connectivity index (χ0v) is 10.9. The number of carbonyl (C=O) groups excluding carboxylic acids is 1. The summed E-state index contributed by atoms with van der Waals surface area (Å²) in [4.78, 5) is 13.7. The van der Waals surface area contributed by atoms with Crippen molar-refractivity contribution in [2.45, 2.75) is 49.7 Å². The molecule has 0 aromatic heterocycles. The molecule has 0 bridgehead atoms. The highest BCUT2D eigenvalue weighted by molar-refractivity contribution is 6.30. The van der Waals surface area contributed by atoms with Gasteiger partial charge >= 0.3 is 0 Å². The van der Waals surface area contributed by atoms with E-state index < -0.39 is 5.38 Å². The highest BCUT2D eigenvalue weighted by Gasteiger charge is 2.42. The topological polar surface area (TPSA) is 49.8 Å². The molecule has 3 atom stereocenters. The fourth-order valence-corrected chi connectivity index (χ4v) is 2.96. The Hall–Kier alpha value is -0.320. The van der Waals surface area contributed by atoms with E-state index >= 15 is 0 Å². The number of piperidine rings is 1. The Bertz CT molecular complexity index is 293. The Kier molecular flexibility index (Phi) is 3.95. The van der Waals surface area contributed by atoms with E-state index in [1.54, 1.807) is 11.8 Å². The predicted octanol–water partition coefficient (Wildman–Crippen LogP) is 1.15. The van der Waals surface area contributed by atoms with Gasteiger partial charge in [-0.05, 0) is 26.2 Å². The van der Waals surface area contributed by atoms with Crippen molar-refractivity contribution in [3.63, 3.8) is 0 Å². The fraction of sp³-hybridized carbons (Fsp3) is 0.917. The van der Waals surface area contributed by atoms with Gasteiger partial charge in [0, 0.05) is 26.1 Å². The van der Waals surface area contributed by atoms with Gasteiger partial charge in [0.05, 0.1) is 11.7 Å². The van der Waals surface area contributed by atoms with Crippen molar-refractivity contribution in [1.29, 1.82) is 0 Å². The van der Waals surface area contributed by atoms with Gasteiger partial charge in [-0.1, -0.05) is 0 Å². The van der Waals surface area contributed by atoms with Crippen LogP contribution in [0.3, 0.4) is 0 Å². The molecule has 0 saturated carbocycles. The first-order chi connectivity index (χ1) is 8.02. The standard InChI is InChI=1S/C12H20ClNO3/c1-9(13)11(16)14-5-2-4-12(8-14)7-10(15)3-6-17-12/h9-10,15H,2-8H2,1H3/t9-,10+,12-/m0/s1. The maximum atomic E-state index is 11.9. The molecule has 2 aliphatic rings. The Labute approximate surface area is 107 Å². The molecule has 1 N–H and O–H groups in total. The highest BCUT2D eigenvalue weighted by atomic mass is 35.5. The highest BCUT2D eigenvalue weighted by Crippen LogP contribution is 2.34. The first-order valence-corrected chi connectivity index (χ1v) is 6.71. The number of alkyl halides is 1. The van der Waals surface area contributed by atoms with Crippen molar-refractivity contribution >= 4 is 17.5 Å². The van der Waals surface area contributed by atoms with E-state index in [1.807, 2.05) is 0 Å². The van der Waals surface area contributed by atoms with E-state index in [-0.39, 0.29) is 17.6 Å². The van der Waals surface area contributed by atoms with Crippen molar-refractivity contribution in [3.8, 4) is 0 Å². The average Bonchev–Trinajstić information content (AvgIpc) is 2.27. The lowest BCUT2D eigenvalue weighted by atomic mass is 9.84. The van der Waals surface area contributed by atoms with Crippen LogP contribution in [0.4, 0.5) is 0 Å². The Morgan fingerprint density at radius 2 is 2.41 bits per heavy atom. The number of hydrogen-bond acceptors (Lipinski definition) is 3. The van der Waals surface area contributed by atoms with Gasteiger partial charge < -0.3 is 14.7 Å². The lowest BCUT2D eigenvalue weighted by Gasteiger charge is -2.46. The number of aliphatic hydroxyl groups is 1. The molecule has 5 heteroatoms. The van der Waals surface area contributed by atoms with Crippen LogP contribution in [-0.2, 0) is 9.53 Å². The third-order valence-corrected chi connectivity index (χ3v) is 3.85. The smallest absolute Gasteiger partial charge is 0.240 e. The predicted molar refractivity (Wildman–Crippen MR) is 65.1 cm³/mol. The summed E-state index contributed by atoms with van der Waals surface area (Å²) in [5.74, 6) is -0.0330. The lowest BCUT2D eigenvalue weighted by molar-refractivity contribution is -0.160. The van der Waals surface area contributed by atoms with Gasteiger partial charge in [0.25, 0.3) is 0 Å². The molecule has 17 heavy (non-hydrogen) atoms. The number of ether oxygens (including phenoxy) is 1. The first kappa shape index (κ1) is 13.1. The van der Waals surface area contributed by atoms with Gasteiger partial charge in [-0.2, -0.15) is 0 Å². The van der Waals surface area contributed by atoms with Gasteiger partial charge in [0.1, 0.15) is 5.38 Å². The molecular weight excluding hydrogens is 242 g/mol. The van der Waals surface area contributed by atoms with Crippen LogP contribution < -0.4 is 0 Å². The summed E-state index contributed by atoms with van der Waals surface area (Å²) in [5, 5.41) is 9.26. The maximum Gasteiger partial charge on any atom is 0.240 e. The molecule has 0 unspecified atom stereocenters. The van der Waals surface area contributed by atoms with Crippen LogP contribution >= 0.6 is 11.6 Å². The summed E-state index contributed by atoms with van der Waals surface area (Å²) >= 11 is 5.84. The number of hydrogen-bond donors (Lipinski definition) is 1. The van der Waals surface area contributed by atoms with E-state index in [4.69, 9.17) is 16.3 Å². The Morgan fingerprint density at radius 1 is 1.65 bits per heavy atom. The monoisotopic (exact) mass is 261 g/mol. The van der Waals surface area contributed by atoms with Gasteiger partial charge in [-0.3, -0.25) is 4.79 Å². The van der Waals surface area contributed by atoms with Crippen LogP contribution in [0.15, 0.2) is 0 Å². The van der Waals surface area contributed by atoms with Crippen LogP contribution in [0.25, 0.3) is 0 Å².